The van der Waals surface area contributed by atoms with Crippen LogP contribution in [0, 0.1) is 5.82 Å². The zero-order valence-electron chi connectivity index (χ0n) is 14.9. The van der Waals surface area contributed by atoms with E-state index in [2.05, 4.69) is 20.6 Å². The molecule has 1 fully saturated rings. The van der Waals surface area contributed by atoms with Crippen LogP contribution in [0.5, 0.6) is 0 Å². The summed E-state index contributed by atoms with van der Waals surface area (Å²) < 4.78 is 13.2. The number of hydrogen-bond donors (Lipinski definition) is 2. The highest BCUT2D eigenvalue weighted by Gasteiger charge is 2.19. The molecule has 0 spiro atoms. The van der Waals surface area contributed by atoms with E-state index in [0.717, 1.165) is 31.1 Å². The molecule has 4 rings (SSSR count). The number of anilines is 2. The van der Waals surface area contributed by atoms with Crippen LogP contribution in [-0.4, -0.2) is 21.9 Å². The van der Waals surface area contributed by atoms with Gasteiger partial charge in [0.05, 0.1) is 5.52 Å². The Balaban J connectivity index is 1.65. The second kappa shape index (κ2) is 7.70. The van der Waals surface area contributed by atoms with Crippen molar-refractivity contribution in [1.82, 2.24) is 15.3 Å². The zero-order valence-corrected chi connectivity index (χ0v) is 14.9. The summed E-state index contributed by atoms with van der Waals surface area (Å²) in [6.45, 7) is 0. The Morgan fingerprint density at radius 1 is 0.963 bits per heavy atom. The highest BCUT2D eigenvalue weighted by Crippen LogP contribution is 2.24. The summed E-state index contributed by atoms with van der Waals surface area (Å²) in [7, 11) is 0. The topological polar surface area (TPSA) is 66.9 Å². The Morgan fingerprint density at radius 2 is 1.70 bits per heavy atom. The maximum Gasteiger partial charge on any atom is 0.289 e. The van der Waals surface area contributed by atoms with Gasteiger partial charge in [0.1, 0.15) is 11.6 Å². The third-order valence-corrected chi connectivity index (χ3v) is 4.85. The van der Waals surface area contributed by atoms with Gasteiger partial charge < -0.3 is 10.6 Å². The van der Waals surface area contributed by atoms with E-state index in [0.29, 0.717) is 17.0 Å². The predicted molar refractivity (Wildman–Crippen MR) is 104 cm³/mol. The molecule has 0 saturated heterocycles. The molecule has 1 aliphatic carbocycles. The lowest BCUT2D eigenvalue weighted by atomic mass is 9.95. The first-order chi connectivity index (χ1) is 13.2. The average Bonchev–Trinajstić information content (AvgIpc) is 2.70. The molecule has 1 aromatic heterocycles. The molecule has 0 radical (unpaired) electrons. The van der Waals surface area contributed by atoms with Gasteiger partial charge >= 0.3 is 0 Å². The summed E-state index contributed by atoms with van der Waals surface area (Å²) in [5.41, 5.74) is 1.38. The summed E-state index contributed by atoms with van der Waals surface area (Å²) in [5.74, 6) is 0.111. The van der Waals surface area contributed by atoms with Gasteiger partial charge in [0.2, 0.25) is 5.82 Å². The fourth-order valence-electron chi connectivity index (χ4n) is 3.44. The van der Waals surface area contributed by atoms with Crippen LogP contribution in [0.3, 0.4) is 0 Å². The largest absolute Gasteiger partial charge is 0.347 e. The van der Waals surface area contributed by atoms with Crippen LogP contribution in [0.4, 0.5) is 15.9 Å². The summed E-state index contributed by atoms with van der Waals surface area (Å²) in [6, 6.07) is 13.7. The van der Waals surface area contributed by atoms with Crippen LogP contribution in [0.2, 0.25) is 0 Å². The first-order valence-corrected chi connectivity index (χ1v) is 9.29. The predicted octanol–water partition coefficient (Wildman–Crippen LogP) is 4.58. The van der Waals surface area contributed by atoms with Crippen LogP contribution in [0.1, 0.15) is 42.7 Å². The number of aromatic nitrogens is 2. The molecule has 1 amide bonds. The Labute approximate surface area is 157 Å². The highest BCUT2D eigenvalue weighted by atomic mass is 19.1. The molecule has 2 N–H and O–H groups in total. The number of carbonyl (C=O) groups is 1. The van der Waals surface area contributed by atoms with Crippen molar-refractivity contribution in [2.75, 3.05) is 5.32 Å². The lowest BCUT2D eigenvalue weighted by molar-refractivity contribution is 0.0917. The van der Waals surface area contributed by atoms with Gasteiger partial charge in [-0.15, -0.1) is 0 Å². The number of carbonyl (C=O) groups excluding carboxylic acids is 1. The fourth-order valence-corrected chi connectivity index (χ4v) is 3.44. The minimum Gasteiger partial charge on any atom is -0.347 e. The van der Waals surface area contributed by atoms with Crippen molar-refractivity contribution in [2.45, 2.75) is 38.1 Å². The molecule has 1 heterocycles. The molecule has 0 aliphatic heterocycles. The van der Waals surface area contributed by atoms with E-state index in [-0.39, 0.29) is 23.6 Å². The Morgan fingerprint density at radius 3 is 2.48 bits per heavy atom. The van der Waals surface area contributed by atoms with E-state index >= 15 is 0 Å². The Hall–Kier alpha value is -3.02. The number of nitrogens with zero attached hydrogens (tertiary/aromatic N) is 2. The van der Waals surface area contributed by atoms with Crippen LogP contribution < -0.4 is 10.6 Å². The molecule has 0 unspecified atom stereocenters. The second-order valence-electron chi connectivity index (χ2n) is 6.85. The van der Waals surface area contributed by atoms with Gasteiger partial charge in [0, 0.05) is 17.1 Å². The number of nitrogens with one attached hydrogen (secondary N) is 2. The molecule has 3 aromatic rings. The third kappa shape index (κ3) is 4.05. The van der Waals surface area contributed by atoms with E-state index in [1.165, 1.54) is 18.6 Å². The smallest absolute Gasteiger partial charge is 0.289 e. The molecule has 0 bridgehead atoms. The van der Waals surface area contributed by atoms with Crippen molar-refractivity contribution in [3.63, 3.8) is 0 Å². The number of benzene rings is 2. The van der Waals surface area contributed by atoms with Crippen LogP contribution in [-0.2, 0) is 0 Å². The van der Waals surface area contributed by atoms with Gasteiger partial charge in [-0.1, -0.05) is 31.4 Å². The second-order valence-corrected chi connectivity index (χ2v) is 6.85. The molecule has 138 valence electrons. The molecule has 1 saturated carbocycles. The highest BCUT2D eigenvalue weighted by molar-refractivity contribution is 5.97. The Bertz CT molecular complexity index is 952. The van der Waals surface area contributed by atoms with E-state index in [9.17, 15) is 9.18 Å². The lowest BCUT2D eigenvalue weighted by Gasteiger charge is -2.22. The fraction of sp³-hybridized carbons (Fsp3) is 0.286. The number of para-hydroxylation sites is 1. The first kappa shape index (κ1) is 17.4. The van der Waals surface area contributed by atoms with Crippen molar-refractivity contribution in [2.24, 2.45) is 0 Å². The van der Waals surface area contributed by atoms with E-state index in [1.54, 1.807) is 12.1 Å². The van der Waals surface area contributed by atoms with Gasteiger partial charge in [-0.25, -0.2) is 14.4 Å². The Kier molecular flexibility index (Phi) is 4.96. The van der Waals surface area contributed by atoms with E-state index < -0.39 is 0 Å². The number of fused-ring (bicyclic) bond motifs is 1. The quantitative estimate of drug-likeness (QED) is 0.711. The van der Waals surface area contributed by atoms with E-state index in [4.69, 9.17) is 0 Å². The van der Waals surface area contributed by atoms with Crippen molar-refractivity contribution < 1.29 is 9.18 Å². The number of hydrogen-bond acceptors (Lipinski definition) is 4. The van der Waals surface area contributed by atoms with Gasteiger partial charge in [0.15, 0.2) is 0 Å². The monoisotopic (exact) mass is 364 g/mol. The third-order valence-electron chi connectivity index (χ3n) is 4.85. The number of halogens is 1. The molecular formula is C21H21FN4O. The van der Waals surface area contributed by atoms with Crippen LogP contribution in [0.25, 0.3) is 10.9 Å². The zero-order chi connectivity index (χ0) is 18.6. The summed E-state index contributed by atoms with van der Waals surface area (Å²) in [5, 5.41) is 7.03. The first-order valence-electron chi connectivity index (χ1n) is 9.29. The number of amides is 1. The standard InChI is InChI=1S/C21H21FN4O/c22-14-10-12-16(13-11-14)23-19-17-8-4-5-9-18(17)25-20(26-19)21(27)24-15-6-2-1-3-7-15/h4-5,8-13,15H,1-3,6-7H2,(H,24,27)(H,23,25,26). The maximum absolute atomic E-state index is 13.2. The molecular weight excluding hydrogens is 343 g/mol. The molecule has 0 atom stereocenters. The maximum atomic E-state index is 13.2. The molecule has 6 heteroatoms. The molecule has 5 nitrogen and oxygen atoms in total. The minimum absolute atomic E-state index is 0.142. The minimum atomic E-state index is -0.305. The summed E-state index contributed by atoms with van der Waals surface area (Å²) in [4.78, 5) is 21.6. The molecule has 1 aliphatic rings. The van der Waals surface area contributed by atoms with Crippen molar-refractivity contribution in [3.05, 3.63) is 60.2 Å². The van der Waals surface area contributed by atoms with Crippen molar-refractivity contribution in [1.29, 1.82) is 0 Å². The summed E-state index contributed by atoms with van der Waals surface area (Å²) in [6.07, 6.45) is 5.51. The lowest BCUT2D eigenvalue weighted by Crippen LogP contribution is -2.37. The SMILES string of the molecule is O=C(NC1CCCCC1)c1nc(Nc2ccc(F)cc2)c2ccccc2n1. The number of rotatable bonds is 4. The summed E-state index contributed by atoms with van der Waals surface area (Å²) >= 11 is 0. The van der Waals surface area contributed by atoms with Crippen LogP contribution in [0.15, 0.2) is 48.5 Å². The van der Waals surface area contributed by atoms with E-state index in [1.807, 2.05) is 24.3 Å². The van der Waals surface area contributed by atoms with Gasteiger partial charge in [-0.05, 0) is 49.2 Å². The van der Waals surface area contributed by atoms with Crippen LogP contribution >= 0.6 is 0 Å². The van der Waals surface area contributed by atoms with Gasteiger partial charge in [0.25, 0.3) is 5.91 Å². The molecule has 27 heavy (non-hydrogen) atoms. The van der Waals surface area contributed by atoms with Gasteiger partial charge in [-0.3, -0.25) is 4.79 Å². The average molecular weight is 364 g/mol. The van der Waals surface area contributed by atoms with Crippen molar-refractivity contribution in [3.8, 4) is 0 Å². The van der Waals surface area contributed by atoms with Gasteiger partial charge in [-0.2, -0.15) is 0 Å². The molecule has 2 aromatic carbocycles. The normalized spacial score (nSPS) is 14.9. The van der Waals surface area contributed by atoms with Crippen molar-refractivity contribution >= 4 is 28.3 Å².